The lowest BCUT2D eigenvalue weighted by Crippen LogP contribution is -2.39. The lowest BCUT2D eigenvalue weighted by atomic mass is 10.1. The molecule has 5 rings (SSSR count). The van der Waals surface area contributed by atoms with E-state index in [-0.39, 0.29) is 18.5 Å². The van der Waals surface area contributed by atoms with Crippen LogP contribution in [0.5, 0.6) is 0 Å². The second-order valence-corrected chi connectivity index (χ2v) is 8.30. The number of nitrogens with zero attached hydrogens (tertiary/aromatic N) is 5. The molecular weight excluding hydrogens is 398 g/mol. The highest BCUT2D eigenvalue weighted by Gasteiger charge is 2.29. The maximum absolute atomic E-state index is 12.8. The van der Waals surface area contributed by atoms with E-state index >= 15 is 0 Å². The van der Waals surface area contributed by atoms with Gasteiger partial charge in [0.2, 0.25) is 5.91 Å². The van der Waals surface area contributed by atoms with Gasteiger partial charge in [-0.25, -0.2) is 9.48 Å². The molecule has 2 aliphatic rings. The first-order chi connectivity index (χ1) is 15.2. The fraction of sp³-hybridized carbons (Fsp3) is 0.524. The van der Waals surface area contributed by atoms with E-state index in [0.29, 0.717) is 36.8 Å². The number of carbonyl (C=O) groups excluding carboxylic acids is 1. The van der Waals surface area contributed by atoms with Crippen LogP contribution in [-0.2, 0) is 17.9 Å². The maximum atomic E-state index is 12.8. The van der Waals surface area contributed by atoms with Crippen molar-refractivity contribution in [2.24, 2.45) is 0 Å². The van der Waals surface area contributed by atoms with Crippen LogP contribution < -0.4 is 16.4 Å². The van der Waals surface area contributed by atoms with E-state index in [9.17, 15) is 9.59 Å². The van der Waals surface area contributed by atoms with Crippen molar-refractivity contribution in [1.29, 1.82) is 0 Å². The van der Waals surface area contributed by atoms with Crippen LogP contribution in [0.4, 0.5) is 0 Å². The van der Waals surface area contributed by atoms with E-state index in [2.05, 4.69) is 20.9 Å². The smallest absolute Gasteiger partial charge is 0.408 e. The van der Waals surface area contributed by atoms with Gasteiger partial charge < -0.3 is 20.0 Å². The summed E-state index contributed by atoms with van der Waals surface area (Å²) in [5.74, 6) is -0.600. The van der Waals surface area contributed by atoms with E-state index in [1.54, 1.807) is 23.1 Å². The molecule has 4 heterocycles. The van der Waals surface area contributed by atoms with Gasteiger partial charge in [-0.1, -0.05) is 17.3 Å². The zero-order chi connectivity index (χ0) is 21.2. The number of fused-ring (bicyclic) bond motifs is 1. The normalized spacial score (nSPS) is 20.0. The highest BCUT2D eigenvalue weighted by molar-refractivity contribution is 5.79. The van der Waals surface area contributed by atoms with Crippen LogP contribution in [0.15, 0.2) is 39.7 Å². The van der Waals surface area contributed by atoms with E-state index in [1.807, 2.05) is 16.9 Å². The van der Waals surface area contributed by atoms with Crippen LogP contribution in [0, 0.1) is 0 Å². The zero-order valence-corrected chi connectivity index (χ0v) is 17.4. The number of likely N-dealkylation sites (tertiary alicyclic amines) is 1. The Morgan fingerprint density at radius 1 is 1.23 bits per heavy atom. The van der Waals surface area contributed by atoms with Gasteiger partial charge in [-0.3, -0.25) is 9.36 Å². The van der Waals surface area contributed by atoms with Crippen molar-refractivity contribution in [3.63, 3.8) is 0 Å². The molecule has 2 N–H and O–H groups in total. The Morgan fingerprint density at radius 2 is 2.06 bits per heavy atom. The summed E-state index contributed by atoms with van der Waals surface area (Å²) in [6, 6.07) is 7.76. The van der Waals surface area contributed by atoms with Crippen molar-refractivity contribution in [1.82, 2.24) is 35.1 Å². The number of aromatic nitrogens is 4. The third kappa shape index (κ3) is 4.26. The lowest BCUT2D eigenvalue weighted by molar-refractivity contribution is -0.130. The quantitative estimate of drug-likeness (QED) is 0.592. The molecule has 2 saturated heterocycles. The molecule has 164 valence electrons. The van der Waals surface area contributed by atoms with Gasteiger partial charge in [0.15, 0.2) is 5.58 Å². The Kier molecular flexibility index (Phi) is 5.56. The van der Waals surface area contributed by atoms with Crippen molar-refractivity contribution in [2.75, 3.05) is 26.2 Å². The van der Waals surface area contributed by atoms with Crippen molar-refractivity contribution >= 4 is 17.0 Å². The summed E-state index contributed by atoms with van der Waals surface area (Å²) in [4.78, 5) is 26.8. The Bertz CT molecular complexity index is 1110. The van der Waals surface area contributed by atoms with Crippen molar-refractivity contribution in [3.8, 4) is 0 Å². The molecule has 0 bridgehead atoms. The second kappa shape index (κ2) is 8.64. The van der Waals surface area contributed by atoms with E-state index < -0.39 is 5.76 Å². The molecule has 2 aliphatic heterocycles. The van der Waals surface area contributed by atoms with Crippen LogP contribution in [0.25, 0.3) is 11.1 Å². The molecule has 2 fully saturated rings. The van der Waals surface area contributed by atoms with Gasteiger partial charge in [0.05, 0.1) is 23.4 Å². The molecule has 1 atom stereocenters. The Hall–Kier alpha value is -2.98. The highest BCUT2D eigenvalue weighted by atomic mass is 16.4. The van der Waals surface area contributed by atoms with E-state index in [0.717, 1.165) is 38.0 Å². The minimum absolute atomic E-state index is 0.0225. The Morgan fingerprint density at radius 3 is 2.94 bits per heavy atom. The largest absolute Gasteiger partial charge is 0.420 e. The average molecular weight is 425 g/mol. The molecule has 3 aromatic rings. The zero-order valence-electron chi connectivity index (χ0n) is 17.4. The molecule has 31 heavy (non-hydrogen) atoms. The number of piperidine rings is 1. The molecule has 0 radical (unpaired) electrons. The van der Waals surface area contributed by atoms with Crippen LogP contribution in [0.1, 0.15) is 31.0 Å². The average Bonchev–Trinajstić information content (AvgIpc) is 3.52. The Balaban J connectivity index is 1.18. The number of rotatable bonds is 6. The highest BCUT2D eigenvalue weighted by Crippen LogP contribution is 2.22. The predicted molar refractivity (Wildman–Crippen MR) is 113 cm³/mol. The van der Waals surface area contributed by atoms with Gasteiger partial charge in [-0.05, 0) is 44.5 Å². The van der Waals surface area contributed by atoms with Gasteiger partial charge in [0.25, 0.3) is 0 Å². The molecule has 2 aromatic heterocycles. The summed E-state index contributed by atoms with van der Waals surface area (Å²) in [6.45, 7) is 3.99. The van der Waals surface area contributed by atoms with Crippen LogP contribution in [0.2, 0.25) is 0 Å². The van der Waals surface area contributed by atoms with Gasteiger partial charge in [0, 0.05) is 25.7 Å². The minimum atomic E-state index is -0.507. The molecule has 10 nitrogen and oxygen atoms in total. The fourth-order valence-corrected chi connectivity index (χ4v) is 4.43. The summed E-state index contributed by atoms with van der Waals surface area (Å²) in [5, 5.41) is 15.5. The standard InChI is InChI=1S/C21H27N7O3/c29-20(14-27-18-3-1-2-4-19(18)31-21(27)30)26-10-7-17(13-26)28-12-16(24-25-28)11-23-15-5-8-22-9-6-15/h1-4,12,15,17,22-23H,5-11,13-14H2. The van der Waals surface area contributed by atoms with Crippen molar-refractivity contribution < 1.29 is 9.21 Å². The molecule has 0 spiro atoms. The predicted octanol–water partition coefficient (Wildman–Crippen LogP) is 0.501. The number of benzene rings is 1. The number of oxazole rings is 1. The third-order valence-corrected chi connectivity index (χ3v) is 6.23. The van der Waals surface area contributed by atoms with Crippen LogP contribution in [-0.4, -0.2) is 62.6 Å². The van der Waals surface area contributed by atoms with Gasteiger partial charge in [0.1, 0.15) is 6.54 Å². The first-order valence-electron chi connectivity index (χ1n) is 10.9. The number of carbonyl (C=O) groups is 1. The van der Waals surface area contributed by atoms with Crippen molar-refractivity contribution in [2.45, 2.75) is 44.4 Å². The Labute approximate surface area is 179 Å². The summed E-state index contributed by atoms with van der Waals surface area (Å²) >= 11 is 0. The SMILES string of the molecule is O=C(Cn1c(=O)oc2ccccc21)N1CCC(n2cc(CNC3CCNCC3)nn2)C1. The first kappa shape index (κ1) is 20.0. The number of nitrogens with one attached hydrogen (secondary N) is 2. The fourth-order valence-electron chi connectivity index (χ4n) is 4.43. The van der Waals surface area contributed by atoms with Crippen LogP contribution >= 0.6 is 0 Å². The molecular formula is C21H27N7O3. The van der Waals surface area contributed by atoms with Gasteiger partial charge in [-0.15, -0.1) is 5.10 Å². The number of hydrogen-bond donors (Lipinski definition) is 2. The minimum Gasteiger partial charge on any atom is -0.408 e. The third-order valence-electron chi connectivity index (χ3n) is 6.23. The first-order valence-corrected chi connectivity index (χ1v) is 10.9. The molecule has 1 amide bonds. The summed E-state index contributed by atoms with van der Waals surface area (Å²) in [5.41, 5.74) is 2.05. The van der Waals surface area contributed by atoms with Crippen LogP contribution in [0.3, 0.4) is 0 Å². The number of hydrogen-bond acceptors (Lipinski definition) is 7. The monoisotopic (exact) mass is 425 g/mol. The molecule has 1 aromatic carbocycles. The maximum Gasteiger partial charge on any atom is 0.420 e. The van der Waals surface area contributed by atoms with Gasteiger partial charge >= 0.3 is 5.76 Å². The molecule has 0 saturated carbocycles. The summed E-state index contributed by atoms with van der Waals surface area (Å²) < 4.78 is 8.49. The van der Waals surface area contributed by atoms with E-state index in [1.165, 1.54) is 4.57 Å². The van der Waals surface area contributed by atoms with Crippen molar-refractivity contribution in [3.05, 3.63) is 46.7 Å². The van der Waals surface area contributed by atoms with E-state index in [4.69, 9.17) is 4.42 Å². The number of para-hydroxylation sites is 2. The summed E-state index contributed by atoms with van der Waals surface area (Å²) in [7, 11) is 0. The number of amides is 1. The topological polar surface area (TPSA) is 110 Å². The molecule has 10 heteroatoms. The molecule has 0 aliphatic carbocycles. The second-order valence-electron chi connectivity index (χ2n) is 8.30. The van der Waals surface area contributed by atoms with Gasteiger partial charge in [-0.2, -0.15) is 0 Å². The lowest BCUT2D eigenvalue weighted by Gasteiger charge is -2.23. The summed E-state index contributed by atoms with van der Waals surface area (Å²) in [6.07, 6.45) is 5.05. The molecule has 1 unspecified atom stereocenters.